The zero-order chi connectivity index (χ0) is 16.1. The Kier molecular flexibility index (Phi) is 10.1. The lowest BCUT2D eigenvalue weighted by molar-refractivity contribution is -0.122. The van der Waals surface area contributed by atoms with Crippen molar-refractivity contribution in [2.45, 2.75) is 6.92 Å². The number of nitrogen functional groups attached to an aromatic ring is 1. The molecule has 2 rings (SSSR count). The Morgan fingerprint density at radius 1 is 1.21 bits per heavy atom. The molecule has 1 aromatic rings. The molecular formula is C15H23Cl3N4O2. The zero-order valence-corrected chi connectivity index (χ0v) is 15.8. The Hall–Kier alpha value is -1.21. The van der Waals surface area contributed by atoms with Crippen LogP contribution in [0.25, 0.3) is 0 Å². The van der Waals surface area contributed by atoms with Crippen LogP contribution in [0.15, 0.2) is 18.2 Å². The summed E-state index contributed by atoms with van der Waals surface area (Å²) in [5.74, 6) is -0.0773. The van der Waals surface area contributed by atoms with Gasteiger partial charge in [0.2, 0.25) is 5.91 Å². The van der Waals surface area contributed by atoms with Crippen LogP contribution in [0.2, 0.25) is 5.02 Å². The average molecular weight is 398 g/mol. The summed E-state index contributed by atoms with van der Waals surface area (Å²) in [4.78, 5) is 27.8. The molecule has 136 valence electrons. The lowest BCUT2D eigenvalue weighted by Gasteiger charge is -2.34. The molecule has 0 bridgehead atoms. The van der Waals surface area contributed by atoms with Gasteiger partial charge in [-0.05, 0) is 25.1 Å². The number of halogens is 3. The summed E-state index contributed by atoms with van der Waals surface area (Å²) in [5, 5.41) is 3.15. The number of nitrogens with one attached hydrogen (secondary N) is 1. The van der Waals surface area contributed by atoms with E-state index >= 15 is 0 Å². The first kappa shape index (κ1) is 22.8. The van der Waals surface area contributed by atoms with Crippen molar-refractivity contribution in [2.24, 2.45) is 0 Å². The molecule has 0 radical (unpaired) electrons. The van der Waals surface area contributed by atoms with Crippen LogP contribution in [0.5, 0.6) is 0 Å². The summed E-state index contributed by atoms with van der Waals surface area (Å²) in [6.07, 6.45) is 0. The number of hydrogen-bond acceptors (Lipinski definition) is 4. The molecule has 0 spiro atoms. The van der Waals surface area contributed by atoms with E-state index in [0.717, 1.165) is 0 Å². The van der Waals surface area contributed by atoms with E-state index in [2.05, 4.69) is 5.32 Å². The molecular weight excluding hydrogens is 375 g/mol. The predicted molar refractivity (Wildman–Crippen MR) is 101 cm³/mol. The number of benzene rings is 1. The molecule has 0 saturated carbocycles. The molecule has 1 aromatic carbocycles. The second-order valence-corrected chi connectivity index (χ2v) is 5.67. The minimum Gasteiger partial charge on any atom is -0.399 e. The SMILES string of the molecule is CCNC(=O)CN1CCN(C(=O)c2ccc(N)cc2Cl)CC1.Cl.Cl. The number of rotatable bonds is 4. The largest absolute Gasteiger partial charge is 0.399 e. The molecule has 1 heterocycles. The second-order valence-electron chi connectivity index (χ2n) is 5.26. The summed E-state index contributed by atoms with van der Waals surface area (Å²) < 4.78 is 0. The molecule has 1 aliphatic heterocycles. The second kappa shape index (κ2) is 10.6. The monoisotopic (exact) mass is 396 g/mol. The van der Waals surface area contributed by atoms with Crippen LogP contribution in [0.3, 0.4) is 0 Å². The van der Waals surface area contributed by atoms with Gasteiger partial charge in [0, 0.05) is 38.4 Å². The van der Waals surface area contributed by atoms with E-state index in [9.17, 15) is 9.59 Å². The molecule has 1 saturated heterocycles. The Bertz CT molecular complexity index is 564. The number of hydrogen-bond donors (Lipinski definition) is 2. The number of nitrogens with two attached hydrogens (primary N) is 1. The van der Waals surface area contributed by atoms with Gasteiger partial charge in [-0.1, -0.05) is 11.6 Å². The fourth-order valence-corrected chi connectivity index (χ4v) is 2.71. The standard InChI is InChI=1S/C15H21ClN4O2.2ClH/c1-2-18-14(21)10-19-5-7-20(8-6-19)15(22)12-4-3-11(17)9-13(12)16;;/h3-4,9H,2,5-8,10,17H2,1H3,(H,18,21);2*1H. The van der Waals surface area contributed by atoms with Gasteiger partial charge in [-0.25, -0.2) is 0 Å². The third kappa shape index (κ3) is 6.02. The van der Waals surface area contributed by atoms with Crippen LogP contribution in [0.4, 0.5) is 5.69 Å². The van der Waals surface area contributed by atoms with Crippen molar-refractivity contribution in [1.29, 1.82) is 0 Å². The number of anilines is 1. The molecule has 0 aliphatic carbocycles. The van der Waals surface area contributed by atoms with Crippen LogP contribution in [-0.2, 0) is 4.79 Å². The van der Waals surface area contributed by atoms with Crippen molar-refractivity contribution in [3.8, 4) is 0 Å². The van der Waals surface area contributed by atoms with Crippen molar-refractivity contribution < 1.29 is 9.59 Å². The number of piperazine rings is 1. The number of likely N-dealkylation sites (N-methyl/N-ethyl adjacent to an activating group) is 1. The van der Waals surface area contributed by atoms with Crippen molar-refractivity contribution in [3.63, 3.8) is 0 Å². The van der Waals surface area contributed by atoms with Crippen molar-refractivity contribution in [3.05, 3.63) is 28.8 Å². The Balaban J connectivity index is 0.00000264. The molecule has 24 heavy (non-hydrogen) atoms. The first-order valence-electron chi connectivity index (χ1n) is 7.34. The average Bonchev–Trinajstić information content (AvgIpc) is 2.47. The quantitative estimate of drug-likeness (QED) is 0.757. The van der Waals surface area contributed by atoms with E-state index in [0.29, 0.717) is 55.5 Å². The Morgan fingerprint density at radius 3 is 2.38 bits per heavy atom. The Labute approximate surface area is 159 Å². The third-order valence-corrected chi connectivity index (χ3v) is 3.94. The summed E-state index contributed by atoms with van der Waals surface area (Å²) in [7, 11) is 0. The van der Waals surface area contributed by atoms with E-state index in [1.165, 1.54) is 0 Å². The van der Waals surface area contributed by atoms with Gasteiger partial charge < -0.3 is 16.0 Å². The van der Waals surface area contributed by atoms with Crippen molar-refractivity contribution in [2.75, 3.05) is 45.0 Å². The minimum absolute atomic E-state index is 0. The number of amides is 2. The lowest BCUT2D eigenvalue weighted by atomic mass is 10.1. The number of carbonyl (C=O) groups excluding carboxylic acids is 2. The normalized spacial score (nSPS) is 14.3. The summed E-state index contributed by atoms with van der Waals surface area (Å²) in [6, 6.07) is 4.91. The van der Waals surface area contributed by atoms with Gasteiger partial charge in [0.15, 0.2) is 0 Å². The third-order valence-electron chi connectivity index (χ3n) is 3.62. The van der Waals surface area contributed by atoms with Gasteiger partial charge in [-0.2, -0.15) is 0 Å². The highest BCUT2D eigenvalue weighted by molar-refractivity contribution is 6.34. The minimum atomic E-state index is -0.0948. The van der Waals surface area contributed by atoms with Gasteiger partial charge in [-0.3, -0.25) is 14.5 Å². The van der Waals surface area contributed by atoms with Crippen molar-refractivity contribution >= 4 is 53.9 Å². The van der Waals surface area contributed by atoms with Gasteiger partial charge in [-0.15, -0.1) is 24.8 Å². The molecule has 2 amide bonds. The van der Waals surface area contributed by atoms with E-state index in [4.69, 9.17) is 17.3 Å². The number of carbonyl (C=O) groups is 2. The summed E-state index contributed by atoms with van der Waals surface area (Å²) >= 11 is 6.09. The van der Waals surface area contributed by atoms with Crippen LogP contribution in [-0.4, -0.2) is 60.9 Å². The maximum Gasteiger partial charge on any atom is 0.255 e. The van der Waals surface area contributed by atoms with Gasteiger partial charge >= 0.3 is 0 Å². The molecule has 0 aromatic heterocycles. The van der Waals surface area contributed by atoms with E-state index in [1.807, 2.05) is 11.8 Å². The number of nitrogens with zero attached hydrogens (tertiary/aromatic N) is 2. The summed E-state index contributed by atoms with van der Waals surface area (Å²) in [5.41, 5.74) is 6.64. The van der Waals surface area contributed by atoms with Crippen LogP contribution in [0.1, 0.15) is 17.3 Å². The maximum absolute atomic E-state index is 12.5. The molecule has 9 heteroatoms. The molecule has 0 atom stereocenters. The maximum atomic E-state index is 12.5. The highest BCUT2D eigenvalue weighted by Gasteiger charge is 2.24. The molecule has 6 nitrogen and oxygen atoms in total. The van der Waals surface area contributed by atoms with Crippen LogP contribution < -0.4 is 11.1 Å². The van der Waals surface area contributed by atoms with Gasteiger partial charge in [0.1, 0.15) is 0 Å². The fourth-order valence-electron chi connectivity index (χ4n) is 2.44. The van der Waals surface area contributed by atoms with E-state index in [1.54, 1.807) is 23.1 Å². The van der Waals surface area contributed by atoms with E-state index < -0.39 is 0 Å². The predicted octanol–water partition coefficient (Wildman–Crippen LogP) is 1.66. The molecule has 3 N–H and O–H groups in total. The molecule has 0 unspecified atom stereocenters. The Morgan fingerprint density at radius 2 is 1.83 bits per heavy atom. The van der Waals surface area contributed by atoms with Gasteiger partial charge in [0.25, 0.3) is 5.91 Å². The highest BCUT2D eigenvalue weighted by atomic mass is 35.5. The summed E-state index contributed by atoms with van der Waals surface area (Å²) in [6.45, 7) is 5.42. The highest BCUT2D eigenvalue weighted by Crippen LogP contribution is 2.21. The van der Waals surface area contributed by atoms with Crippen LogP contribution in [0, 0.1) is 0 Å². The first-order valence-corrected chi connectivity index (χ1v) is 7.72. The first-order chi connectivity index (χ1) is 10.5. The zero-order valence-electron chi connectivity index (χ0n) is 13.5. The van der Waals surface area contributed by atoms with Crippen molar-refractivity contribution in [1.82, 2.24) is 15.1 Å². The van der Waals surface area contributed by atoms with E-state index in [-0.39, 0.29) is 36.6 Å². The van der Waals surface area contributed by atoms with Crippen LogP contribution >= 0.6 is 36.4 Å². The smallest absolute Gasteiger partial charge is 0.255 e. The topological polar surface area (TPSA) is 78.7 Å². The van der Waals surface area contributed by atoms with Gasteiger partial charge in [0.05, 0.1) is 17.1 Å². The molecule has 1 aliphatic rings. The lowest BCUT2D eigenvalue weighted by Crippen LogP contribution is -2.51. The fraction of sp³-hybridized carbons (Fsp3) is 0.467. The molecule has 1 fully saturated rings.